The number of hydrogen-bond donors (Lipinski definition) is 1. The van der Waals surface area contributed by atoms with Crippen LogP contribution in [0, 0.1) is 0 Å². The van der Waals surface area contributed by atoms with Gasteiger partial charge in [-0.15, -0.1) is 0 Å². The summed E-state index contributed by atoms with van der Waals surface area (Å²) < 4.78 is 12.4. The Hall–Kier alpha value is -3.12. The SMILES string of the molecule is COc1cc(/C=N\NC(=O)c2ccc(C(C)(C)C)cc2)ccc1OCc1ccc(Br)cc1. The molecule has 1 amide bonds. The maximum Gasteiger partial charge on any atom is 0.271 e. The molecule has 0 unspecified atom stereocenters. The number of rotatable bonds is 7. The summed E-state index contributed by atoms with van der Waals surface area (Å²) in [7, 11) is 1.59. The highest BCUT2D eigenvalue weighted by Gasteiger charge is 2.14. The largest absolute Gasteiger partial charge is 0.493 e. The third kappa shape index (κ3) is 6.44. The number of ether oxygens (including phenoxy) is 2. The predicted molar refractivity (Wildman–Crippen MR) is 132 cm³/mol. The topological polar surface area (TPSA) is 59.9 Å². The molecule has 0 aliphatic rings. The molecule has 3 aromatic rings. The van der Waals surface area contributed by atoms with Crippen LogP contribution in [0.5, 0.6) is 11.5 Å². The van der Waals surface area contributed by atoms with Crippen molar-refractivity contribution in [2.75, 3.05) is 7.11 Å². The average Bonchev–Trinajstić information content (AvgIpc) is 2.78. The van der Waals surface area contributed by atoms with Gasteiger partial charge in [0, 0.05) is 10.0 Å². The lowest BCUT2D eigenvalue weighted by atomic mass is 9.87. The Morgan fingerprint density at radius 2 is 1.69 bits per heavy atom. The van der Waals surface area contributed by atoms with E-state index in [2.05, 4.69) is 47.2 Å². The molecule has 0 fully saturated rings. The second-order valence-electron chi connectivity index (χ2n) is 8.35. The number of nitrogens with one attached hydrogen (secondary N) is 1. The van der Waals surface area contributed by atoms with Crippen molar-refractivity contribution in [3.05, 3.63) is 93.5 Å². The molecule has 0 saturated heterocycles. The zero-order valence-corrected chi connectivity index (χ0v) is 20.3. The fraction of sp³-hybridized carbons (Fsp3) is 0.231. The molecule has 6 heteroatoms. The summed E-state index contributed by atoms with van der Waals surface area (Å²) in [4.78, 5) is 12.3. The normalized spacial score (nSPS) is 11.4. The van der Waals surface area contributed by atoms with Crippen LogP contribution >= 0.6 is 15.9 Å². The molecule has 0 aliphatic heterocycles. The highest BCUT2D eigenvalue weighted by atomic mass is 79.9. The van der Waals surface area contributed by atoms with Crippen molar-refractivity contribution in [3.63, 3.8) is 0 Å². The minimum absolute atomic E-state index is 0.0420. The third-order valence-corrected chi connectivity index (χ3v) is 5.42. The van der Waals surface area contributed by atoms with E-state index in [9.17, 15) is 4.79 Å². The third-order valence-electron chi connectivity index (χ3n) is 4.89. The molecule has 32 heavy (non-hydrogen) atoms. The Kier molecular flexibility index (Phi) is 7.70. The van der Waals surface area contributed by atoms with Gasteiger partial charge in [-0.1, -0.05) is 61.0 Å². The van der Waals surface area contributed by atoms with Crippen LogP contribution in [0.1, 0.15) is 47.8 Å². The van der Waals surface area contributed by atoms with Crippen molar-refractivity contribution in [3.8, 4) is 11.5 Å². The summed E-state index contributed by atoms with van der Waals surface area (Å²) in [5.41, 5.74) is 6.17. The number of hydrazone groups is 1. The number of methoxy groups -OCH3 is 1. The molecule has 0 spiro atoms. The lowest BCUT2D eigenvalue weighted by Crippen LogP contribution is -2.18. The van der Waals surface area contributed by atoms with E-state index in [0.717, 1.165) is 15.6 Å². The first-order chi connectivity index (χ1) is 15.3. The molecule has 166 valence electrons. The molecule has 0 aliphatic carbocycles. The molecule has 5 nitrogen and oxygen atoms in total. The highest BCUT2D eigenvalue weighted by Crippen LogP contribution is 2.28. The Bertz CT molecular complexity index is 1090. The molecule has 0 radical (unpaired) electrons. The Balaban J connectivity index is 1.60. The van der Waals surface area contributed by atoms with E-state index in [1.54, 1.807) is 13.3 Å². The highest BCUT2D eigenvalue weighted by molar-refractivity contribution is 9.10. The summed E-state index contributed by atoms with van der Waals surface area (Å²) in [6.07, 6.45) is 1.57. The molecule has 0 saturated carbocycles. The summed E-state index contributed by atoms with van der Waals surface area (Å²) in [5.74, 6) is 0.967. The van der Waals surface area contributed by atoms with Gasteiger partial charge in [0.05, 0.1) is 13.3 Å². The van der Waals surface area contributed by atoms with E-state index in [1.807, 2.05) is 66.7 Å². The number of nitrogens with zero attached hydrogens (tertiary/aromatic N) is 1. The fourth-order valence-electron chi connectivity index (χ4n) is 2.98. The van der Waals surface area contributed by atoms with Crippen molar-refractivity contribution in [2.24, 2.45) is 5.10 Å². The summed E-state index contributed by atoms with van der Waals surface area (Å²) in [6, 6.07) is 21.0. The first kappa shape index (κ1) is 23.5. The van der Waals surface area contributed by atoms with Crippen LogP contribution in [0.2, 0.25) is 0 Å². The number of benzene rings is 3. The quantitative estimate of drug-likeness (QED) is 0.318. The number of halogens is 1. The zero-order chi connectivity index (χ0) is 23.1. The molecule has 3 rings (SSSR count). The van der Waals surface area contributed by atoms with Crippen LogP contribution in [-0.4, -0.2) is 19.2 Å². The lowest BCUT2D eigenvalue weighted by molar-refractivity contribution is 0.0955. The van der Waals surface area contributed by atoms with Crippen LogP contribution in [0.25, 0.3) is 0 Å². The van der Waals surface area contributed by atoms with E-state index in [1.165, 1.54) is 5.56 Å². The van der Waals surface area contributed by atoms with Crippen LogP contribution < -0.4 is 14.9 Å². The van der Waals surface area contributed by atoms with Crippen LogP contribution in [-0.2, 0) is 12.0 Å². The average molecular weight is 495 g/mol. The number of hydrogen-bond acceptors (Lipinski definition) is 4. The van der Waals surface area contributed by atoms with Crippen LogP contribution in [0.15, 0.2) is 76.3 Å². The smallest absolute Gasteiger partial charge is 0.271 e. The maximum atomic E-state index is 12.3. The van der Waals surface area contributed by atoms with Gasteiger partial charge >= 0.3 is 0 Å². The fourth-order valence-corrected chi connectivity index (χ4v) is 3.24. The Morgan fingerprint density at radius 3 is 2.31 bits per heavy atom. The van der Waals surface area contributed by atoms with Crippen molar-refractivity contribution in [1.29, 1.82) is 0 Å². The van der Waals surface area contributed by atoms with Gasteiger partial charge < -0.3 is 9.47 Å². The predicted octanol–water partition coefficient (Wildman–Crippen LogP) is 6.10. The zero-order valence-electron chi connectivity index (χ0n) is 18.7. The first-order valence-corrected chi connectivity index (χ1v) is 11.0. The summed E-state index contributed by atoms with van der Waals surface area (Å²) >= 11 is 3.43. The van der Waals surface area contributed by atoms with E-state index in [0.29, 0.717) is 23.7 Å². The van der Waals surface area contributed by atoms with Gasteiger partial charge in [0.1, 0.15) is 6.61 Å². The lowest BCUT2D eigenvalue weighted by Gasteiger charge is -2.18. The summed E-state index contributed by atoms with van der Waals surface area (Å²) in [6.45, 7) is 6.84. The molecular weight excluding hydrogens is 468 g/mol. The van der Waals surface area contributed by atoms with E-state index in [4.69, 9.17) is 9.47 Å². The minimum Gasteiger partial charge on any atom is -0.493 e. The maximum absolute atomic E-state index is 12.3. The van der Waals surface area contributed by atoms with Crippen molar-refractivity contribution in [2.45, 2.75) is 32.8 Å². The van der Waals surface area contributed by atoms with E-state index >= 15 is 0 Å². The molecule has 3 aromatic carbocycles. The minimum atomic E-state index is -0.261. The van der Waals surface area contributed by atoms with Gasteiger partial charge in [-0.2, -0.15) is 5.10 Å². The summed E-state index contributed by atoms with van der Waals surface area (Å²) in [5, 5.41) is 4.07. The van der Waals surface area contributed by atoms with Crippen molar-refractivity contribution in [1.82, 2.24) is 5.43 Å². The molecule has 0 aromatic heterocycles. The Morgan fingerprint density at radius 1 is 1.00 bits per heavy atom. The van der Waals surface area contributed by atoms with Crippen LogP contribution in [0.3, 0.4) is 0 Å². The van der Waals surface area contributed by atoms with Gasteiger partial charge in [-0.25, -0.2) is 5.43 Å². The Labute approximate surface area is 197 Å². The first-order valence-electron chi connectivity index (χ1n) is 10.3. The molecule has 0 heterocycles. The second kappa shape index (κ2) is 10.5. The van der Waals surface area contributed by atoms with Crippen molar-refractivity contribution < 1.29 is 14.3 Å². The monoisotopic (exact) mass is 494 g/mol. The number of carbonyl (C=O) groups is 1. The van der Waals surface area contributed by atoms with Gasteiger partial charge in [-0.3, -0.25) is 4.79 Å². The number of amides is 1. The van der Waals surface area contributed by atoms with Gasteiger partial charge in [0.15, 0.2) is 11.5 Å². The van der Waals surface area contributed by atoms with Crippen LogP contribution in [0.4, 0.5) is 0 Å². The second-order valence-corrected chi connectivity index (χ2v) is 9.27. The standard InChI is InChI=1S/C26H27BrN2O3/c1-26(2,3)21-10-8-20(9-11-21)25(30)29-28-16-19-7-14-23(24(15-19)31-4)32-17-18-5-12-22(27)13-6-18/h5-16H,17H2,1-4H3,(H,29,30)/b28-16-. The molecule has 0 bridgehead atoms. The molecule has 0 atom stereocenters. The van der Waals surface area contributed by atoms with Crippen molar-refractivity contribution >= 4 is 28.1 Å². The molecule has 1 N–H and O–H groups in total. The van der Waals surface area contributed by atoms with Gasteiger partial charge in [0.2, 0.25) is 0 Å². The van der Waals surface area contributed by atoms with Gasteiger partial charge in [-0.05, 0) is 64.6 Å². The van der Waals surface area contributed by atoms with E-state index < -0.39 is 0 Å². The number of carbonyl (C=O) groups excluding carboxylic acids is 1. The molecular formula is C26H27BrN2O3. The van der Waals surface area contributed by atoms with Gasteiger partial charge in [0.25, 0.3) is 5.91 Å². The van der Waals surface area contributed by atoms with E-state index in [-0.39, 0.29) is 11.3 Å².